The molecule has 2 aromatic heterocycles. The minimum atomic E-state index is -0.115. The first kappa shape index (κ1) is 19.0. The Labute approximate surface area is 165 Å². The number of aromatic nitrogens is 4. The van der Waals surface area contributed by atoms with Crippen LogP contribution in [0, 0.1) is 0 Å². The summed E-state index contributed by atoms with van der Waals surface area (Å²) in [5.74, 6) is 0.501. The zero-order chi connectivity index (χ0) is 19.6. The van der Waals surface area contributed by atoms with Crippen LogP contribution in [0.2, 0.25) is 0 Å². The maximum atomic E-state index is 12.6. The van der Waals surface area contributed by atoms with Crippen molar-refractivity contribution in [2.75, 3.05) is 19.6 Å². The van der Waals surface area contributed by atoms with Gasteiger partial charge in [-0.25, -0.2) is 4.98 Å². The van der Waals surface area contributed by atoms with Crippen molar-refractivity contribution in [3.05, 3.63) is 36.5 Å². The highest BCUT2D eigenvalue weighted by Gasteiger charge is 2.42. The maximum absolute atomic E-state index is 12.6. The minimum Gasteiger partial charge on any atom is -0.370 e. The van der Waals surface area contributed by atoms with Crippen LogP contribution in [-0.4, -0.2) is 67.9 Å². The number of carbonyl (C=O) groups is 1. The van der Waals surface area contributed by atoms with Crippen LogP contribution in [0.1, 0.15) is 49.9 Å². The summed E-state index contributed by atoms with van der Waals surface area (Å²) in [6, 6.07) is 4.04. The van der Waals surface area contributed by atoms with Crippen LogP contribution in [0.4, 0.5) is 0 Å². The SMILES string of the molecule is CC(C)N1CCC2(CC[C@@H](CNC(=O)c3ccnc(-n4cnnc4)c3)O2)CC1. The molecule has 2 saturated heterocycles. The second-order valence-electron chi connectivity index (χ2n) is 8.07. The van der Waals surface area contributed by atoms with Gasteiger partial charge in [0.05, 0.1) is 11.7 Å². The maximum Gasteiger partial charge on any atom is 0.251 e. The lowest BCUT2D eigenvalue weighted by Crippen LogP contribution is -2.47. The van der Waals surface area contributed by atoms with Crippen LogP contribution >= 0.6 is 0 Å². The molecule has 2 aliphatic rings. The van der Waals surface area contributed by atoms with Gasteiger partial charge in [0.25, 0.3) is 5.91 Å². The summed E-state index contributed by atoms with van der Waals surface area (Å²) in [5, 5.41) is 10.6. The van der Waals surface area contributed by atoms with E-state index in [4.69, 9.17) is 4.74 Å². The summed E-state index contributed by atoms with van der Waals surface area (Å²) < 4.78 is 8.08. The monoisotopic (exact) mass is 384 g/mol. The van der Waals surface area contributed by atoms with Gasteiger partial charge in [-0.15, -0.1) is 10.2 Å². The van der Waals surface area contributed by atoms with Crippen molar-refractivity contribution in [2.24, 2.45) is 0 Å². The summed E-state index contributed by atoms with van der Waals surface area (Å²) in [6.07, 6.45) is 9.09. The molecule has 0 unspecified atom stereocenters. The topological polar surface area (TPSA) is 85.2 Å². The molecule has 2 aromatic rings. The molecule has 2 aliphatic heterocycles. The summed E-state index contributed by atoms with van der Waals surface area (Å²) in [6.45, 7) is 7.23. The predicted octanol–water partition coefficient (Wildman–Crippen LogP) is 1.81. The van der Waals surface area contributed by atoms with E-state index in [-0.39, 0.29) is 17.6 Å². The lowest BCUT2D eigenvalue weighted by Gasteiger charge is -2.40. The lowest BCUT2D eigenvalue weighted by atomic mass is 9.88. The van der Waals surface area contributed by atoms with Gasteiger partial charge in [-0.05, 0) is 51.7 Å². The average Bonchev–Trinajstić information content (AvgIpc) is 3.37. The molecule has 1 atom stereocenters. The molecule has 0 radical (unpaired) electrons. The molecular formula is C20H28N6O2. The van der Waals surface area contributed by atoms with Gasteiger partial charge in [0.1, 0.15) is 18.5 Å². The zero-order valence-corrected chi connectivity index (χ0v) is 16.5. The van der Waals surface area contributed by atoms with E-state index in [2.05, 4.69) is 39.2 Å². The van der Waals surface area contributed by atoms with E-state index >= 15 is 0 Å². The highest BCUT2D eigenvalue weighted by molar-refractivity contribution is 5.94. The molecule has 2 fully saturated rings. The van der Waals surface area contributed by atoms with Gasteiger partial charge in [-0.1, -0.05) is 0 Å². The summed E-state index contributed by atoms with van der Waals surface area (Å²) >= 11 is 0. The fourth-order valence-electron chi connectivity index (χ4n) is 4.18. The van der Waals surface area contributed by atoms with Gasteiger partial charge in [0, 0.05) is 37.4 Å². The smallest absolute Gasteiger partial charge is 0.251 e. The average molecular weight is 384 g/mol. The Balaban J connectivity index is 1.30. The molecular weight excluding hydrogens is 356 g/mol. The highest BCUT2D eigenvalue weighted by atomic mass is 16.5. The highest BCUT2D eigenvalue weighted by Crippen LogP contribution is 2.39. The number of hydrogen-bond acceptors (Lipinski definition) is 6. The van der Waals surface area contributed by atoms with Crippen LogP contribution in [0.25, 0.3) is 5.82 Å². The Bertz CT molecular complexity index is 799. The number of hydrogen-bond donors (Lipinski definition) is 1. The third-order valence-electron chi connectivity index (χ3n) is 5.96. The largest absolute Gasteiger partial charge is 0.370 e. The number of pyridine rings is 1. The molecule has 4 heterocycles. The second-order valence-corrected chi connectivity index (χ2v) is 8.07. The number of nitrogens with one attached hydrogen (secondary N) is 1. The Hall–Kier alpha value is -2.32. The molecule has 8 heteroatoms. The summed E-state index contributed by atoms with van der Waals surface area (Å²) in [4.78, 5) is 19.3. The molecule has 150 valence electrons. The Morgan fingerprint density at radius 2 is 2.04 bits per heavy atom. The molecule has 1 spiro atoms. The molecule has 28 heavy (non-hydrogen) atoms. The standard InChI is InChI=1S/C20H28N6O2/c1-15(2)25-9-6-20(7-10-25)5-3-17(28-20)12-22-19(27)16-4-8-21-18(11-16)26-13-23-24-14-26/h4,8,11,13-15,17H,3,5-7,9-10,12H2,1-2H3,(H,22,27)/t17-/m0/s1. The molecule has 0 bridgehead atoms. The third kappa shape index (κ3) is 4.07. The summed E-state index contributed by atoms with van der Waals surface area (Å²) in [7, 11) is 0. The normalized spacial score (nSPS) is 22.0. The van der Waals surface area contributed by atoms with Gasteiger partial charge in [-0.3, -0.25) is 9.36 Å². The van der Waals surface area contributed by atoms with E-state index < -0.39 is 0 Å². The van der Waals surface area contributed by atoms with E-state index in [1.54, 1.807) is 35.6 Å². The Morgan fingerprint density at radius 3 is 2.75 bits per heavy atom. The van der Waals surface area contributed by atoms with Gasteiger partial charge >= 0.3 is 0 Å². The van der Waals surface area contributed by atoms with Crippen molar-refractivity contribution in [3.63, 3.8) is 0 Å². The van der Waals surface area contributed by atoms with E-state index in [0.717, 1.165) is 38.8 Å². The molecule has 8 nitrogen and oxygen atoms in total. The van der Waals surface area contributed by atoms with Crippen molar-refractivity contribution in [1.29, 1.82) is 0 Å². The van der Waals surface area contributed by atoms with Crippen LogP contribution in [0.3, 0.4) is 0 Å². The first-order valence-electron chi connectivity index (χ1n) is 10.1. The number of rotatable bonds is 5. The van der Waals surface area contributed by atoms with Crippen LogP contribution in [-0.2, 0) is 4.74 Å². The Kier molecular flexibility index (Phi) is 5.41. The lowest BCUT2D eigenvalue weighted by molar-refractivity contribution is -0.0788. The first-order valence-corrected chi connectivity index (χ1v) is 10.1. The van der Waals surface area contributed by atoms with Gasteiger partial charge in [0.15, 0.2) is 0 Å². The first-order chi connectivity index (χ1) is 13.5. The van der Waals surface area contributed by atoms with Crippen molar-refractivity contribution in [2.45, 2.75) is 57.3 Å². The zero-order valence-electron chi connectivity index (χ0n) is 16.5. The van der Waals surface area contributed by atoms with Crippen molar-refractivity contribution in [3.8, 4) is 5.82 Å². The van der Waals surface area contributed by atoms with Gasteiger partial charge in [0.2, 0.25) is 0 Å². The number of carbonyl (C=O) groups excluding carboxylic acids is 1. The molecule has 0 aliphatic carbocycles. The van der Waals surface area contributed by atoms with E-state index in [9.17, 15) is 4.79 Å². The molecule has 1 amide bonds. The molecule has 0 saturated carbocycles. The molecule has 0 aromatic carbocycles. The summed E-state index contributed by atoms with van der Waals surface area (Å²) in [5.41, 5.74) is 0.579. The van der Waals surface area contributed by atoms with E-state index in [0.29, 0.717) is 24.0 Å². The third-order valence-corrected chi connectivity index (χ3v) is 5.96. The molecule has 4 rings (SSSR count). The van der Waals surface area contributed by atoms with Crippen molar-refractivity contribution in [1.82, 2.24) is 30.0 Å². The predicted molar refractivity (Wildman–Crippen MR) is 104 cm³/mol. The second kappa shape index (κ2) is 7.97. The number of piperidine rings is 1. The van der Waals surface area contributed by atoms with Crippen LogP contribution in [0.15, 0.2) is 31.0 Å². The van der Waals surface area contributed by atoms with Crippen LogP contribution < -0.4 is 5.32 Å². The number of nitrogens with zero attached hydrogens (tertiary/aromatic N) is 5. The van der Waals surface area contributed by atoms with E-state index in [1.807, 2.05) is 0 Å². The fourth-order valence-corrected chi connectivity index (χ4v) is 4.18. The Morgan fingerprint density at radius 1 is 1.29 bits per heavy atom. The quantitative estimate of drug-likeness (QED) is 0.846. The fraction of sp³-hybridized carbons (Fsp3) is 0.600. The van der Waals surface area contributed by atoms with Gasteiger partial charge in [-0.2, -0.15) is 0 Å². The van der Waals surface area contributed by atoms with E-state index in [1.165, 1.54) is 0 Å². The number of ether oxygens (including phenoxy) is 1. The van der Waals surface area contributed by atoms with Gasteiger partial charge < -0.3 is 15.0 Å². The molecule has 1 N–H and O–H groups in total. The number of likely N-dealkylation sites (tertiary alicyclic amines) is 1. The number of amides is 1. The van der Waals surface area contributed by atoms with Crippen LogP contribution in [0.5, 0.6) is 0 Å². The minimum absolute atomic E-state index is 0.0129. The van der Waals surface area contributed by atoms with Crippen molar-refractivity contribution < 1.29 is 9.53 Å². The van der Waals surface area contributed by atoms with Crippen molar-refractivity contribution >= 4 is 5.91 Å².